The summed E-state index contributed by atoms with van der Waals surface area (Å²) in [6.07, 6.45) is 0. The molecule has 0 N–H and O–H groups in total. The third-order valence-corrected chi connectivity index (χ3v) is 7.14. The number of rotatable bonds is 6. The second-order valence-corrected chi connectivity index (χ2v) is 8.98. The highest BCUT2D eigenvalue weighted by atomic mass is 79.9. The van der Waals surface area contributed by atoms with Gasteiger partial charge in [-0.15, -0.1) is 0 Å². The van der Waals surface area contributed by atoms with Crippen LogP contribution in [0, 0.1) is 6.92 Å². The lowest BCUT2D eigenvalue weighted by molar-refractivity contribution is 0.0391. The number of carbonyl (C=O) groups excluding carboxylic acids is 1. The van der Waals surface area contributed by atoms with Crippen molar-refractivity contribution < 1.29 is 14.3 Å². The first-order valence-electron chi connectivity index (χ1n) is 9.89. The summed E-state index contributed by atoms with van der Waals surface area (Å²) in [5, 5.41) is 0.687. The summed E-state index contributed by atoms with van der Waals surface area (Å²) in [7, 11) is 1.64. The van der Waals surface area contributed by atoms with Crippen molar-refractivity contribution in [2.45, 2.75) is 6.92 Å². The number of carbonyl (C=O) groups is 1. The molecule has 8 heteroatoms. The quantitative estimate of drug-likeness (QED) is 0.514. The largest absolute Gasteiger partial charge is 0.494 e. The maximum atomic E-state index is 13.5. The van der Waals surface area contributed by atoms with Crippen molar-refractivity contribution in [3.05, 3.63) is 52.0 Å². The van der Waals surface area contributed by atoms with Crippen molar-refractivity contribution in [3.8, 4) is 5.75 Å². The van der Waals surface area contributed by atoms with Gasteiger partial charge < -0.3 is 9.47 Å². The molecule has 0 bridgehead atoms. The van der Waals surface area contributed by atoms with E-state index in [-0.39, 0.29) is 5.91 Å². The van der Waals surface area contributed by atoms with E-state index < -0.39 is 0 Å². The van der Waals surface area contributed by atoms with Crippen LogP contribution in [-0.4, -0.2) is 62.3 Å². The predicted octanol–water partition coefficient (Wildman–Crippen LogP) is 4.35. The topological polar surface area (TPSA) is 54.9 Å². The van der Waals surface area contributed by atoms with Gasteiger partial charge in [-0.3, -0.25) is 14.6 Å². The smallest absolute Gasteiger partial charge is 0.261 e. The van der Waals surface area contributed by atoms with Crippen LogP contribution in [0.15, 0.2) is 40.9 Å². The molecule has 0 aliphatic carbocycles. The van der Waals surface area contributed by atoms with Gasteiger partial charge in [0.15, 0.2) is 5.13 Å². The Hall–Kier alpha value is -2.00. The monoisotopic (exact) mass is 489 g/mol. The summed E-state index contributed by atoms with van der Waals surface area (Å²) in [6.45, 7) is 6.60. The number of aromatic nitrogens is 1. The van der Waals surface area contributed by atoms with Gasteiger partial charge in [0.25, 0.3) is 5.91 Å². The number of anilines is 1. The summed E-state index contributed by atoms with van der Waals surface area (Å²) in [4.78, 5) is 22.5. The molecule has 1 amide bonds. The van der Waals surface area contributed by atoms with Gasteiger partial charge >= 0.3 is 0 Å². The van der Waals surface area contributed by atoms with Crippen molar-refractivity contribution in [1.29, 1.82) is 0 Å². The molecule has 1 saturated heterocycles. The second kappa shape index (κ2) is 9.43. The molecule has 1 aliphatic rings. The molecule has 6 nitrogen and oxygen atoms in total. The summed E-state index contributed by atoms with van der Waals surface area (Å²) >= 11 is 5.06. The summed E-state index contributed by atoms with van der Waals surface area (Å²) in [5.74, 6) is 0.658. The van der Waals surface area contributed by atoms with Crippen LogP contribution in [-0.2, 0) is 4.74 Å². The van der Waals surface area contributed by atoms with Gasteiger partial charge in [-0.05, 0) is 46.6 Å². The van der Waals surface area contributed by atoms with Crippen LogP contribution in [0.2, 0.25) is 0 Å². The zero-order valence-corrected chi connectivity index (χ0v) is 19.5. The van der Waals surface area contributed by atoms with E-state index >= 15 is 0 Å². The number of thiazole rings is 1. The van der Waals surface area contributed by atoms with Crippen LogP contribution >= 0.6 is 27.3 Å². The minimum absolute atomic E-state index is 0.0635. The Balaban J connectivity index is 1.71. The highest BCUT2D eigenvalue weighted by Gasteiger charge is 2.25. The lowest BCUT2D eigenvalue weighted by atomic mass is 10.2. The number of hydrogen-bond acceptors (Lipinski definition) is 6. The van der Waals surface area contributed by atoms with E-state index in [4.69, 9.17) is 14.5 Å². The number of aryl methyl sites for hydroxylation is 1. The van der Waals surface area contributed by atoms with E-state index in [1.165, 1.54) is 11.3 Å². The Morgan fingerprint density at radius 3 is 2.77 bits per heavy atom. The maximum absolute atomic E-state index is 13.5. The van der Waals surface area contributed by atoms with E-state index in [0.717, 1.165) is 58.9 Å². The van der Waals surface area contributed by atoms with E-state index in [9.17, 15) is 4.79 Å². The number of ether oxygens (including phenoxy) is 2. The molecule has 1 aromatic heterocycles. The van der Waals surface area contributed by atoms with Crippen molar-refractivity contribution in [2.75, 3.05) is 51.4 Å². The summed E-state index contributed by atoms with van der Waals surface area (Å²) < 4.78 is 12.8. The third kappa shape index (κ3) is 4.37. The van der Waals surface area contributed by atoms with Crippen molar-refractivity contribution in [2.24, 2.45) is 0 Å². The number of halogens is 1. The zero-order valence-electron chi connectivity index (χ0n) is 17.1. The van der Waals surface area contributed by atoms with Crippen LogP contribution in [0.3, 0.4) is 0 Å². The average Bonchev–Trinajstić information content (AvgIpc) is 3.21. The highest BCUT2D eigenvalue weighted by molar-refractivity contribution is 9.10. The normalized spacial score (nSPS) is 14.8. The Bertz CT molecular complexity index is 1050. The maximum Gasteiger partial charge on any atom is 0.261 e. The number of benzene rings is 2. The molecule has 30 heavy (non-hydrogen) atoms. The molecule has 1 fully saturated rings. The third-order valence-electron chi connectivity index (χ3n) is 5.24. The lowest BCUT2D eigenvalue weighted by Crippen LogP contribution is -2.43. The molecule has 1 aliphatic heterocycles. The molecule has 0 saturated carbocycles. The van der Waals surface area contributed by atoms with Gasteiger partial charge in [-0.25, -0.2) is 4.98 Å². The van der Waals surface area contributed by atoms with Crippen LogP contribution in [0.25, 0.3) is 10.2 Å². The highest BCUT2D eigenvalue weighted by Crippen LogP contribution is 2.37. The van der Waals surface area contributed by atoms with Crippen LogP contribution in [0.4, 0.5) is 5.13 Å². The van der Waals surface area contributed by atoms with Gasteiger partial charge in [-0.2, -0.15) is 0 Å². The van der Waals surface area contributed by atoms with Crippen molar-refractivity contribution in [3.63, 3.8) is 0 Å². The van der Waals surface area contributed by atoms with Gasteiger partial charge in [-0.1, -0.05) is 29.5 Å². The number of methoxy groups -OCH3 is 1. The Labute approximate surface area is 188 Å². The minimum atomic E-state index is -0.0635. The van der Waals surface area contributed by atoms with Crippen LogP contribution < -0.4 is 9.64 Å². The van der Waals surface area contributed by atoms with Gasteiger partial charge in [0.05, 0.1) is 30.6 Å². The van der Waals surface area contributed by atoms with Crippen LogP contribution in [0.1, 0.15) is 15.9 Å². The molecule has 158 valence electrons. The minimum Gasteiger partial charge on any atom is -0.494 e. The van der Waals surface area contributed by atoms with Crippen molar-refractivity contribution >= 4 is 48.5 Å². The molecule has 2 aromatic carbocycles. The molecule has 4 rings (SSSR count). The first-order valence-corrected chi connectivity index (χ1v) is 11.5. The zero-order chi connectivity index (χ0) is 21.1. The Morgan fingerprint density at radius 2 is 2.03 bits per heavy atom. The molecule has 0 unspecified atom stereocenters. The molecule has 0 radical (unpaired) electrons. The van der Waals surface area contributed by atoms with Gasteiger partial charge in [0.2, 0.25) is 0 Å². The molecule has 0 atom stereocenters. The van der Waals surface area contributed by atoms with E-state index in [2.05, 4.69) is 27.8 Å². The first kappa shape index (κ1) is 21.2. The van der Waals surface area contributed by atoms with E-state index in [0.29, 0.717) is 17.2 Å². The summed E-state index contributed by atoms with van der Waals surface area (Å²) in [5.41, 5.74) is 2.55. The second-order valence-electron chi connectivity index (χ2n) is 7.15. The fourth-order valence-electron chi connectivity index (χ4n) is 3.51. The lowest BCUT2D eigenvalue weighted by Gasteiger charge is -2.29. The number of fused-ring (bicyclic) bond motifs is 1. The van der Waals surface area contributed by atoms with E-state index in [1.807, 2.05) is 36.4 Å². The Kier molecular flexibility index (Phi) is 6.67. The molecule has 3 aromatic rings. The van der Waals surface area contributed by atoms with Gasteiger partial charge in [0, 0.05) is 30.7 Å². The fourth-order valence-corrected chi connectivity index (χ4v) is 5.04. The van der Waals surface area contributed by atoms with Crippen molar-refractivity contribution in [1.82, 2.24) is 9.88 Å². The first-order chi connectivity index (χ1) is 14.6. The molecule has 0 spiro atoms. The number of hydrogen-bond donors (Lipinski definition) is 0. The Morgan fingerprint density at radius 1 is 1.27 bits per heavy atom. The fraction of sp³-hybridized carbons (Fsp3) is 0.364. The SMILES string of the molecule is COc1ccc(C)c2sc(N(CCN3CCOCC3)C(=O)c3ccccc3Br)nc12. The van der Waals surface area contributed by atoms with E-state index in [1.54, 1.807) is 12.0 Å². The standard InChI is InChI=1S/C22H24BrN3O3S/c1-15-7-8-18(28-2)19-20(15)30-22(24-19)26(10-9-25-11-13-29-14-12-25)21(27)16-5-3-4-6-17(16)23/h3-8H,9-14H2,1-2H3. The van der Waals surface area contributed by atoms with Gasteiger partial charge in [0.1, 0.15) is 11.3 Å². The molecule has 2 heterocycles. The molecular weight excluding hydrogens is 466 g/mol. The number of nitrogens with zero attached hydrogens (tertiary/aromatic N) is 3. The number of morpholine rings is 1. The average molecular weight is 490 g/mol. The summed E-state index contributed by atoms with van der Waals surface area (Å²) in [6, 6.07) is 11.5. The van der Waals surface area contributed by atoms with Crippen LogP contribution in [0.5, 0.6) is 5.75 Å². The predicted molar refractivity (Wildman–Crippen MR) is 124 cm³/mol. The molecular formula is C22H24BrN3O3S. The number of amides is 1.